The summed E-state index contributed by atoms with van der Waals surface area (Å²) in [6.07, 6.45) is 8.32. The number of amides is 1. The monoisotopic (exact) mass is 627 g/mol. The third-order valence-corrected chi connectivity index (χ3v) is 14.6. The van der Waals surface area contributed by atoms with E-state index in [0.29, 0.717) is 18.3 Å². The van der Waals surface area contributed by atoms with Crippen LogP contribution in [0.4, 0.5) is 0 Å². The molecule has 45 heavy (non-hydrogen) atoms. The Morgan fingerprint density at radius 3 is 2.13 bits per heavy atom. The molecule has 4 fully saturated rings. The van der Waals surface area contributed by atoms with E-state index in [9.17, 15) is 19.2 Å². The molecule has 0 aromatic carbocycles. The lowest BCUT2D eigenvalue weighted by Crippen LogP contribution is -2.69. The summed E-state index contributed by atoms with van der Waals surface area (Å²) < 4.78 is 17.7. The van der Waals surface area contributed by atoms with Crippen molar-refractivity contribution in [2.75, 3.05) is 13.7 Å². The van der Waals surface area contributed by atoms with Gasteiger partial charge in [0.2, 0.25) is 5.91 Å². The molecule has 0 spiro atoms. The largest absolute Gasteiger partial charge is 0.465 e. The van der Waals surface area contributed by atoms with E-state index in [1.807, 2.05) is 0 Å². The van der Waals surface area contributed by atoms with Gasteiger partial charge in [-0.25, -0.2) is 0 Å². The summed E-state index contributed by atoms with van der Waals surface area (Å²) in [6, 6.07) is 0. The normalized spacial score (nSPS) is 47.0. The number of fused-ring (bicyclic) bond motifs is 7. The fraction of sp³-hybridized carbons (Fsp3) is 0.838. The Bertz CT molecular complexity index is 1280. The van der Waals surface area contributed by atoms with E-state index in [1.54, 1.807) is 7.05 Å². The van der Waals surface area contributed by atoms with Gasteiger partial charge in [0.05, 0.1) is 5.41 Å². The van der Waals surface area contributed by atoms with Crippen molar-refractivity contribution in [2.45, 2.75) is 126 Å². The van der Waals surface area contributed by atoms with Crippen molar-refractivity contribution < 1.29 is 33.4 Å². The van der Waals surface area contributed by atoms with E-state index in [1.165, 1.54) is 26.3 Å². The van der Waals surface area contributed by atoms with Crippen LogP contribution in [0, 0.1) is 56.7 Å². The second-order valence-electron chi connectivity index (χ2n) is 16.6. The average Bonchev–Trinajstić information content (AvgIpc) is 2.95. The van der Waals surface area contributed by atoms with Gasteiger partial charge in [-0.15, -0.1) is 0 Å². The summed E-state index contributed by atoms with van der Waals surface area (Å²) in [4.78, 5) is 50.8. The number of ether oxygens (including phenoxy) is 3. The van der Waals surface area contributed by atoms with Gasteiger partial charge in [0.15, 0.2) is 0 Å². The highest BCUT2D eigenvalue weighted by molar-refractivity contribution is 5.84. The zero-order chi connectivity index (χ0) is 33.3. The number of nitrogens with one attached hydrogen (secondary N) is 1. The number of allylic oxidation sites excluding steroid dienone is 2. The first-order valence-electron chi connectivity index (χ1n) is 17.3. The van der Waals surface area contributed by atoms with Crippen LogP contribution in [0.25, 0.3) is 0 Å². The van der Waals surface area contributed by atoms with Gasteiger partial charge in [-0.1, -0.05) is 53.2 Å². The molecule has 4 saturated carbocycles. The van der Waals surface area contributed by atoms with Gasteiger partial charge < -0.3 is 19.5 Å². The van der Waals surface area contributed by atoms with Crippen LogP contribution in [0.2, 0.25) is 0 Å². The van der Waals surface area contributed by atoms with Gasteiger partial charge in [-0.05, 0) is 97.2 Å². The Morgan fingerprint density at radius 1 is 0.867 bits per heavy atom. The second-order valence-corrected chi connectivity index (χ2v) is 16.6. The summed E-state index contributed by atoms with van der Waals surface area (Å²) in [6.45, 7) is 18.3. The minimum Gasteiger partial charge on any atom is -0.465 e. The fourth-order valence-corrected chi connectivity index (χ4v) is 12.2. The van der Waals surface area contributed by atoms with E-state index in [4.69, 9.17) is 14.2 Å². The van der Waals surface area contributed by atoms with Crippen LogP contribution in [-0.4, -0.2) is 49.7 Å². The third-order valence-electron chi connectivity index (χ3n) is 14.6. The molecule has 5 rings (SSSR count). The van der Waals surface area contributed by atoms with Gasteiger partial charge >= 0.3 is 17.9 Å². The van der Waals surface area contributed by atoms with Gasteiger partial charge in [0.1, 0.15) is 18.8 Å². The van der Waals surface area contributed by atoms with Crippen molar-refractivity contribution in [3.63, 3.8) is 0 Å². The molecule has 0 radical (unpaired) electrons. The van der Waals surface area contributed by atoms with Crippen LogP contribution < -0.4 is 5.32 Å². The molecule has 0 aliphatic heterocycles. The maximum atomic E-state index is 13.7. The highest BCUT2D eigenvalue weighted by Gasteiger charge is 2.71. The highest BCUT2D eigenvalue weighted by atomic mass is 16.6. The average molecular weight is 628 g/mol. The van der Waals surface area contributed by atoms with Crippen molar-refractivity contribution in [3.8, 4) is 0 Å². The summed E-state index contributed by atoms with van der Waals surface area (Å²) in [5.41, 5.74) is -0.0517. The molecule has 8 nitrogen and oxygen atoms in total. The standard InChI is InChI=1S/C37H57NO7/c1-21-13-16-37(32(42)38-10)18-17-35(8)26(30(37)22(21)2)11-12-29-33(6)19-27(44-24(4)40)31(45-25(5)41)34(7,20-43-23(3)39)28(33)14-15-36(29,35)9/h11,21-22,27-31H,12-20H2,1-10H3,(H,38,42)/t21-,22+,27-,28-,29-,30+,31+,33+,34+,35-,36-,37+/m1/s1. The lowest BCUT2D eigenvalue weighted by molar-refractivity contribution is -0.255. The maximum absolute atomic E-state index is 13.7. The lowest BCUT2D eigenvalue weighted by atomic mass is 9.33. The zero-order valence-corrected chi connectivity index (χ0v) is 29.3. The topological polar surface area (TPSA) is 108 Å². The van der Waals surface area contributed by atoms with E-state index in [-0.39, 0.29) is 57.9 Å². The molecule has 1 N–H and O–H groups in total. The van der Waals surface area contributed by atoms with E-state index >= 15 is 0 Å². The molecule has 0 bridgehead atoms. The van der Waals surface area contributed by atoms with Gasteiger partial charge in [0, 0.05) is 33.2 Å². The first-order valence-corrected chi connectivity index (χ1v) is 17.3. The first-order chi connectivity index (χ1) is 20.9. The van der Waals surface area contributed by atoms with Crippen molar-refractivity contribution in [1.82, 2.24) is 5.32 Å². The molecule has 0 aromatic heterocycles. The Kier molecular flexibility index (Phi) is 8.60. The quantitative estimate of drug-likeness (QED) is 0.213. The Labute approximate surface area is 270 Å². The SMILES string of the molecule is CNC(=O)[C@]12CC[C@@H](C)[C@H](C)[C@H]1C1=CC[C@@H]3[C@@]4(C)C[C@@H](OC(C)=O)[C@H](OC(C)=O)[C@@](C)(COC(C)=O)[C@@H]4CC[C@@]3(C)[C@]1(C)CC2. The van der Waals surface area contributed by atoms with Crippen LogP contribution in [0.5, 0.6) is 0 Å². The summed E-state index contributed by atoms with van der Waals surface area (Å²) >= 11 is 0. The number of rotatable bonds is 5. The van der Waals surface area contributed by atoms with E-state index in [2.05, 4.69) is 52.9 Å². The molecular weight excluding hydrogens is 570 g/mol. The molecule has 1 amide bonds. The smallest absolute Gasteiger partial charge is 0.303 e. The Hall–Kier alpha value is -2.38. The zero-order valence-electron chi connectivity index (χ0n) is 29.3. The van der Waals surface area contributed by atoms with Crippen molar-refractivity contribution in [3.05, 3.63) is 11.6 Å². The minimum absolute atomic E-state index is 0.0605. The Balaban J connectivity index is 1.63. The third kappa shape index (κ3) is 4.89. The van der Waals surface area contributed by atoms with Crippen molar-refractivity contribution in [2.24, 2.45) is 56.7 Å². The van der Waals surface area contributed by atoms with Gasteiger partial charge in [-0.3, -0.25) is 19.2 Å². The van der Waals surface area contributed by atoms with Crippen molar-refractivity contribution >= 4 is 23.8 Å². The van der Waals surface area contributed by atoms with Gasteiger partial charge in [0.25, 0.3) is 0 Å². The molecule has 12 atom stereocenters. The maximum Gasteiger partial charge on any atom is 0.303 e. The van der Waals surface area contributed by atoms with Crippen LogP contribution in [-0.2, 0) is 33.4 Å². The fourth-order valence-electron chi connectivity index (χ4n) is 12.2. The molecule has 252 valence electrons. The molecule has 0 aromatic rings. The predicted molar refractivity (Wildman–Crippen MR) is 170 cm³/mol. The molecule has 5 aliphatic carbocycles. The highest BCUT2D eigenvalue weighted by Crippen LogP contribution is 2.76. The molecule has 0 unspecified atom stereocenters. The van der Waals surface area contributed by atoms with Crippen LogP contribution in [0.1, 0.15) is 114 Å². The lowest BCUT2D eigenvalue weighted by Gasteiger charge is -2.72. The molecule has 5 aliphatic rings. The molecular formula is C37H57NO7. The molecule has 8 heteroatoms. The van der Waals surface area contributed by atoms with Crippen LogP contribution in [0.3, 0.4) is 0 Å². The van der Waals surface area contributed by atoms with Gasteiger partial charge in [-0.2, -0.15) is 0 Å². The number of carbonyl (C=O) groups is 4. The first kappa shape index (κ1) is 34.0. The molecule has 0 heterocycles. The summed E-state index contributed by atoms with van der Waals surface area (Å²) in [7, 11) is 1.79. The number of hydrogen-bond donors (Lipinski definition) is 1. The number of hydrogen-bond acceptors (Lipinski definition) is 7. The van der Waals surface area contributed by atoms with Crippen LogP contribution in [0.15, 0.2) is 11.6 Å². The van der Waals surface area contributed by atoms with E-state index < -0.39 is 29.6 Å². The van der Waals surface area contributed by atoms with Crippen molar-refractivity contribution in [1.29, 1.82) is 0 Å². The second kappa shape index (κ2) is 11.4. The summed E-state index contributed by atoms with van der Waals surface area (Å²) in [5.74, 6) is 0.469. The van der Waals surface area contributed by atoms with Crippen LogP contribution >= 0.6 is 0 Å². The number of esters is 3. The Morgan fingerprint density at radius 2 is 1.53 bits per heavy atom. The minimum atomic E-state index is -0.745. The molecule has 0 saturated heterocycles. The summed E-state index contributed by atoms with van der Waals surface area (Å²) in [5, 5.41) is 3.06. The van der Waals surface area contributed by atoms with E-state index in [0.717, 1.165) is 44.9 Å². The number of carbonyl (C=O) groups excluding carboxylic acids is 4. The predicted octanol–water partition coefficient (Wildman–Crippen LogP) is 6.41.